The molecule has 23 heavy (non-hydrogen) atoms. The molecule has 0 aromatic carbocycles. The van der Waals surface area contributed by atoms with Gasteiger partial charge in [0.05, 0.1) is 18.3 Å². The number of allylic oxidation sites excluding steroid dienone is 2. The fourth-order valence-electron chi connectivity index (χ4n) is 4.43. The van der Waals surface area contributed by atoms with Crippen LogP contribution in [0.15, 0.2) is 23.3 Å². The van der Waals surface area contributed by atoms with E-state index in [1.165, 1.54) is 17.6 Å². The van der Waals surface area contributed by atoms with Crippen molar-refractivity contribution in [3.8, 4) is 0 Å². The molecule has 0 aromatic rings. The third-order valence-electron chi connectivity index (χ3n) is 6.13. The van der Waals surface area contributed by atoms with Crippen molar-refractivity contribution in [1.29, 1.82) is 0 Å². The van der Waals surface area contributed by atoms with Gasteiger partial charge >= 0.3 is 0 Å². The van der Waals surface area contributed by atoms with Crippen LogP contribution in [0.3, 0.4) is 0 Å². The Bertz CT molecular complexity index is 491. The Balaban J connectivity index is 1.75. The number of rotatable bonds is 4. The number of epoxide rings is 1. The summed E-state index contributed by atoms with van der Waals surface area (Å²) >= 11 is 0. The van der Waals surface area contributed by atoms with Gasteiger partial charge in [0.1, 0.15) is 0 Å². The number of fused-ring (bicyclic) bond motifs is 2. The van der Waals surface area contributed by atoms with E-state index in [2.05, 4.69) is 39.8 Å². The van der Waals surface area contributed by atoms with E-state index in [4.69, 9.17) is 9.47 Å². The maximum absolute atomic E-state index is 10.4. The highest BCUT2D eigenvalue weighted by Crippen LogP contribution is 2.49. The maximum atomic E-state index is 10.4. The van der Waals surface area contributed by atoms with Gasteiger partial charge in [0.2, 0.25) is 0 Å². The smallest absolute Gasteiger partial charge is 0.161 e. The molecular weight excluding hydrogens is 288 g/mol. The van der Waals surface area contributed by atoms with Crippen molar-refractivity contribution >= 4 is 0 Å². The Morgan fingerprint density at radius 3 is 3.00 bits per heavy atom. The van der Waals surface area contributed by atoms with Gasteiger partial charge in [-0.05, 0) is 70.3 Å². The summed E-state index contributed by atoms with van der Waals surface area (Å²) in [6, 6.07) is 0. The van der Waals surface area contributed by atoms with Gasteiger partial charge in [-0.3, -0.25) is 0 Å². The first-order valence-corrected chi connectivity index (χ1v) is 9.20. The SMILES string of the molecule is CC(C)=CCCC(C)C1CCC2(C)OC2CC=C2COC(O)C21. The molecule has 0 spiro atoms. The summed E-state index contributed by atoms with van der Waals surface area (Å²) in [5.74, 6) is 1.23. The van der Waals surface area contributed by atoms with Crippen LogP contribution in [-0.2, 0) is 9.47 Å². The zero-order valence-electron chi connectivity index (χ0n) is 15.0. The average molecular weight is 320 g/mol. The molecule has 1 aliphatic carbocycles. The summed E-state index contributed by atoms with van der Waals surface area (Å²) in [6.07, 6.45) is 9.84. The highest BCUT2D eigenvalue weighted by molar-refractivity contribution is 5.18. The molecule has 1 N–H and O–H groups in total. The predicted molar refractivity (Wildman–Crippen MR) is 92.0 cm³/mol. The minimum Gasteiger partial charge on any atom is -0.367 e. The Morgan fingerprint density at radius 1 is 1.48 bits per heavy atom. The predicted octanol–water partition coefficient (Wildman–Crippen LogP) is 4.22. The highest BCUT2D eigenvalue weighted by Gasteiger charge is 2.53. The second-order valence-electron chi connectivity index (χ2n) is 8.20. The van der Waals surface area contributed by atoms with Crippen molar-refractivity contribution in [2.24, 2.45) is 17.8 Å². The van der Waals surface area contributed by atoms with Crippen LogP contribution in [0.1, 0.15) is 59.8 Å². The fraction of sp³-hybridized carbons (Fsp3) is 0.800. The molecule has 2 saturated heterocycles. The van der Waals surface area contributed by atoms with Crippen LogP contribution in [0.5, 0.6) is 0 Å². The quantitative estimate of drug-likeness (QED) is 0.623. The summed E-state index contributed by atoms with van der Waals surface area (Å²) in [7, 11) is 0. The van der Waals surface area contributed by atoms with E-state index in [1.54, 1.807) is 0 Å². The van der Waals surface area contributed by atoms with E-state index >= 15 is 0 Å². The van der Waals surface area contributed by atoms with Gasteiger partial charge < -0.3 is 14.6 Å². The van der Waals surface area contributed by atoms with E-state index in [0.717, 1.165) is 25.7 Å². The van der Waals surface area contributed by atoms with Crippen molar-refractivity contribution in [2.75, 3.05) is 6.61 Å². The van der Waals surface area contributed by atoms with Crippen LogP contribution >= 0.6 is 0 Å². The summed E-state index contributed by atoms with van der Waals surface area (Å²) in [5.41, 5.74) is 2.76. The zero-order chi connectivity index (χ0) is 16.6. The van der Waals surface area contributed by atoms with Crippen LogP contribution in [-0.4, -0.2) is 29.7 Å². The van der Waals surface area contributed by atoms with Gasteiger partial charge in [-0.1, -0.05) is 24.6 Å². The minimum absolute atomic E-state index is 0.0688. The molecule has 2 heterocycles. The van der Waals surface area contributed by atoms with Crippen LogP contribution in [0.4, 0.5) is 0 Å². The Kier molecular flexibility index (Phi) is 5.01. The molecule has 2 fully saturated rings. The lowest BCUT2D eigenvalue weighted by atomic mass is 9.74. The third-order valence-corrected chi connectivity index (χ3v) is 6.13. The van der Waals surface area contributed by atoms with E-state index in [0.29, 0.717) is 24.5 Å². The van der Waals surface area contributed by atoms with Crippen LogP contribution < -0.4 is 0 Å². The van der Waals surface area contributed by atoms with Gasteiger partial charge in [-0.2, -0.15) is 0 Å². The Labute approximate surface area is 140 Å². The molecule has 6 unspecified atom stereocenters. The molecule has 0 radical (unpaired) electrons. The zero-order valence-corrected chi connectivity index (χ0v) is 15.0. The largest absolute Gasteiger partial charge is 0.367 e. The number of hydrogen-bond acceptors (Lipinski definition) is 3. The van der Waals surface area contributed by atoms with Gasteiger partial charge in [0.25, 0.3) is 0 Å². The molecular formula is C20H32O3. The van der Waals surface area contributed by atoms with E-state index in [-0.39, 0.29) is 11.5 Å². The number of ether oxygens (including phenoxy) is 2. The Hall–Kier alpha value is -0.640. The van der Waals surface area contributed by atoms with E-state index in [1.807, 2.05) is 0 Å². The van der Waals surface area contributed by atoms with Gasteiger partial charge in [-0.25, -0.2) is 0 Å². The minimum atomic E-state index is -0.625. The van der Waals surface area contributed by atoms with Crippen molar-refractivity contribution in [1.82, 2.24) is 0 Å². The van der Waals surface area contributed by atoms with Gasteiger partial charge in [-0.15, -0.1) is 0 Å². The van der Waals surface area contributed by atoms with Crippen molar-refractivity contribution in [3.63, 3.8) is 0 Å². The number of aliphatic hydroxyl groups is 1. The van der Waals surface area contributed by atoms with E-state index < -0.39 is 6.29 Å². The first-order valence-electron chi connectivity index (χ1n) is 9.20. The molecule has 0 saturated carbocycles. The lowest BCUT2D eigenvalue weighted by molar-refractivity contribution is -0.0981. The normalized spacial score (nSPS) is 40.8. The van der Waals surface area contributed by atoms with Gasteiger partial charge in [0.15, 0.2) is 6.29 Å². The third kappa shape index (κ3) is 3.72. The maximum Gasteiger partial charge on any atom is 0.161 e. The lowest BCUT2D eigenvalue weighted by Gasteiger charge is -2.31. The standard InChI is InChI=1S/C20H32O3/c1-13(2)6-5-7-14(3)16-10-11-20(4)17(23-20)9-8-15-12-22-19(21)18(15)16/h6,8,14,16-19,21H,5,7,9-12H2,1-4H3. The highest BCUT2D eigenvalue weighted by atomic mass is 16.6. The molecule has 0 bridgehead atoms. The van der Waals surface area contributed by atoms with Crippen molar-refractivity contribution in [3.05, 3.63) is 23.3 Å². The second kappa shape index (κ2) is 6.70. The number of aliphatic hydroxyl groups excluding tert-OH is 1. The van der Waals surface area contributed by atoms with Crippen LogP contribution in [0, 0.1) is 17.8 Å². The molecule has 0 aromatic heterocycles. The summed E-state index contributed by atoms with van der Waals surface area (Å²) in [5, 5.41) is 10.4. The molecule has 3 aliphatic rings. The van der Waals surface area contributed by atoms with Crippen molar-refractivity contribution in [2.45, 2.75) is 77.8 Å². The molecule has 3 nitrogen and oxygen atoms in total. The topological polar surface area (TPSA) is 42.0 Å². The first-order chi connectivity index (χ1) is 10.9. The van der Waals surface area contributed by atoms with E-state index in [9.17, 15) is 5.11 Å². The lowest BCUT2D eigenvalue weighted by Crippen LogP contribution is -2.30. The molecule has 130 valence electrons. The molecule has 3 heteroatoms. The van der Waals surface area contributed by atoms with Gasteiger partial charge in [0, 0.05) is 5.92 Å². The molecule has 6 atom stereocenters. The summed E-state index contributed by atoms with van der Waals surface area (Å²) in [4.78, 5) is 0. The Morgan fingerprint density at radius 2 is 2.26 bits per heavy atom. The summed E-state index contributed by atoms with van der Waals surface area (Å²) in [6.45, 7) is 9.50. The van der Waals surface area contributed by atoms with Crippen LogP contribution in [0.2, 0.25) is 0 Å². The fourth-order valence-corrected chi connectivity index (χ4v) is 4.43. The average Bonchev–Trinajstić information content (AvgIpc) is 2.97. The second-order valence-corrected chi connectivity index (χ2v) is 8.20. The summed E-state index contributed by atoms with van der Waals surface area (Å²) < 4.78 is 11.5. The molecule has 2 aliphatic heterocycles. The molecule has 3 rings (SSSR count). The van der Waals surface area contributed by atoms with Crippen LogP contribution in [0.25, 0.3) is 0 Å². The first kappa shape index (κ1) is 17.2. The molecule has 0 amide bonds. The number of hydrogen-bond donors (Lipinski definition) is 1. The van der Waals surface area contributed by atoms with Crippen molar-refractivity contribution < 1.29 is 14.6 Å². The monoisotopic (exact) mass is 320 g/mol.